The molecule has 0 aromatic rings. The van der Waals surface area contributed by atoms with Gasteiger partial charge in [0.2, 0.25) is 10.0 Å². The number of aliphatic hydroxyl groups is 1. The second kappa shape index (κ2) is 16.8. The first-order chi connectivity index (χ1) is 17.3. The van der Waals surface area contributed by atoms with Crippen LogP contribution < -0.4 is 0 Å². The molecular weight excluding hydrogens is 514 g/mol. The van der Waals surface area contributed by atoms with E-state index in [0.29, 0.717) is 26.2 Å². The first-order valence-electron chi connectivity index (χ1n) is 12.0. The lowest BCUT2D eigenvalue weighted by Gasteiger charge is -2.34. The molecule has 37 heavy (non-hydrogen) atoms. The van der Waals surface area contributed by atoms with Gasteiger partial charge in [-0.3, -0.25) is 34.0 Å². The number of aliphatic carboxylic acids is 3. The molecule has 216 valence electrons. The smallest absolute Gasteiger partial charge is 0.317 e. The predicted molar refractivity (Wildman–Crippen MR) is 133 cm³/mol. The van der Waals surface area contributed by atoms with Crippen LogP contribution in [0.1, 0.15) is 0 Å². The Morgan fingerprint density at radius 1 is 0.784 bits per heavy atom. The minimum absolute atomic E-state index is 0.0814. The maximum absolute atomic E-state index is 12.1. The molecule has 1 unspecified atom stereocenters. The quantitative estimate of drug-likeness (QED) is 0.167. The molecule has 1 fully saturated rings. The van der Waals surface area contributed by atoms with E-state index < -0.39 is 34.0 Å². The van der Waals surface area contributed by atoms with Crippen molar-refractivity contribution in [2.45, 2.75) is 6.10 Å². The normalized spacial score (nSPS) is 19.2. The van der Waals surface area contributed by atoms with Crippen LogP contribution in [0.3, 0.4) is 0 Å². The van der Waals surface area contributed by atoms with Crippen molar-refractivity contribution in [3.63, 3.8) is 0 Å². The van der Waals surface area contributed by atoms with Gasteiger partial charge < -0.3 is 25.2 Å². The van der Waals surface area contributed by atoms with Gasteiger partial charge in [-0.05, 0) is 0 Å². The predicted octanol–water partition coefficient (Wildman–Crippen LogP) is -3.27. The van der Waals surface area contributed by atoms with E-state index in [9.17, 15) is 43.2 Å². The van der Waals surface area contributed by atoms with Gasteiger partial charge in [0.1, 0.15) is 0 Å². The Kier molecular flexibility index (Phi) is 15.1. The Morgan fingerprint density at radius 2 is 1.14 bits per heavy atom. The van der Waals surface area contributed by atoms with Gasteiger partial charge in [-0.25, -0.2) is 8.42 Å². The average molecular weight is 556 g/mol. The number of carbonyl (C=O) groups is 3. The van der Waals surface area contributed by atoms with E-state index in [2.05, 4.69) is 0 Å². The maximum Gasteiger partial charge on any atom is 0.317 e. The standard InChI is InChI=1S/C21H41N5O10S/c1-36-12-11-26(37(2,34)35)14-18(27)13-22-3-5-23(15-19(28)29)7-9-25(17-21(32)33)10-8-24(6-4-22)16-20(30)31/h18,27H,3-17H2,1-2H3,(H,28,29)(H,30,31)(H,32,33). The van der Waals surface area contributed by atoms with Crippen molar-refractivity contribution in [3.05, 3.63) is 0 Å². The highest BCUT2D eigenvalue weighted by molar-refractivity contribution is 7.88. The summed E-state index contributed by atoms with van der Waals surface area (Å²) in [7, 11) is -2.14. The molecule has 1 aliphatic heterocycles. The number of ether oxygens (including phenoxy) is 1. The van der Waals surface area contributed by atoms with E-state index in [0.717, 1.165) is 10.6 Å². The Bertz CT molecular complexity index is 799. The highest BCUT2D eigenvalue weighted by Crippen LogP contribution is 2.05. The molecule has 16 heteroatoms. The van der Waals surface area contributed by atoms with E-state index in [1.54, 1.807) is 14.7 Å². The van der Waals surface area contributed by atoms with Gasteiger partial charge in [-0.15, -0.1) is 0 Å². The summed E-state index contributed by atoms with van der Waals surface area (Å²) in [5.74, 6) is -3.09. The Balaban J connectivity index is 3.01. The molecular formula is C21H41N5O10S. The van der Waals surface area contributed by atoms with Crippen molar-refractivity contribution < 1.29 is 48.0 Å². The molecule has 0 amide bonds. The SMILES string of the molecule is COCCN(CC(O)CN1CCN(CC(=O)O)CCN(CC(=O)O)CCN(CC(=O)O)CC1)S(C)(=O)=O. The third-order valence-corrected chi connectivity index (χ3v) is 7.17. The average Bonchev–Trinajstić information content (AvgIpc) is 2.76. The van der Waals surface area contributed by atoms with Crippen molar-refractivity contribution in [3.8, 4) is 0 Å². The van der Waals surface area contributed by atoms with Gasteiger partial charge in [0, 0.05) is 79.1 Å². The highest BCUT2D eigenvalue weighted by Gasteiger charge is 2.24. The van der Waals surface area contributed by atoms with E-state index in [1.807, 2.05) is 4.90 Å². The van der Waals surface area contributed by atoms with Crippen molar-refractivity contribution in [2.75, 3.05) is 112 Å². The molecule has 0 aromatic heterocycles. The Labute approximate surface area is 217 Å². The highest BCUT2D eigenvalue weighted by atomic mass is 32.2. The number of hydrogen-bond donors (Lipinski definition) is 4. The van der Waals surface area contributed by atoms with Crippen LogP contribution in [0, 0.1) is 0 Å². The number of β-amino-alcohol motifs (C(OH)–C–C–N with tert-alkyl or cyclic N) is 1. The minimum atomic E-state index is -3.58. The van der Waals surface area contributed by atoms with Gasteiger partial charge in [0.15, 0.2) is 0 Å². The zero-order valence-electron chi connectivity index (χ0n) is 21.6. The lowest BCUT2D eigenvalue weighted by molar-refractivity contribution is -0.140. The van der Waals surface area contributed by atoms with Crippen molar-refractivity contribution in [1.82, 2.24) is 23.9 Å². The number of carboxylic acids is 3. The topological polar surface area (TPSA) is 192 Å². The zero-order valence-corrected chi connectivity index (χ0v) is 22.4. The second-order valence-corrected chi connectivity index (χ2v) is 11.1. The van der Waals surface area contributed by atoms with Crippen LogP contribution in [0.25, 0.3) is 0 Å². The molecule has 0 spiro atoms. The van der Waals surface area contributed by atoms with Gasteiger partial charge in [-0.2, -0.15) is 4.31 Å². The molecule has 15 nitrogen and oxygen atoms in total. The molecule has 4 N–H and O–H groups in total. The van der Waals surface area contributed by atoms with Gasteiger partial charge in [-0.1, -0.05) is 0 Å². The van der Waals surface area contributed by atoms with Crippen molar-refractivity contribution in [2.24, 2.45) is 0 Å². The molecule has 1 aliphatic rings. The van der Waals surface area contributed by atoms with Crippen LogP contribution in [-0.4, -0.2) is 188 Å². The minimum Gasteiger partial charge on any atom is -0.480 e. The third kappa shape index (κ3) is 15.2. The van der Waals surface area contributed by atoms with E-state index >= 15 is 0 Å². The number of hydrogen-bond acceptors (Lipinski definition) is 11. The van der Waals surface area contributed by atoms with Crippen LogP contribution >= 0.6 is 0 Å². The summed E-state index contributed by atoms with van der Waals surface area (Å²) >= 11 is 0. The van der Waals surface area contributed by atoms with E-state index in [1.165, 1.54) is 7.11 Å². The fourth-order valence-electron chi connectivity index (χ4n) is 3.99. The zero-order chi connectivity index (χ0) is 28.0. The molecule has 1 rings (SSSR count). The number of sulfonamides is 1. The van der Waals surface area contributed by atoms with E-state index in [-0.39, 0.29) is 72.1 Å². The fraction of sp³-hybridized carbons (Fsp3) is 0.857. The summed E-state index contributed by atoms with van der Waals surface area (Å²) in [5, 5.41) is 38.5. The monoisotopic (exact) mass is 555 g/mol. The summed E-state index contributed by atoms with van der Waals surface area (Å²) in [4.78, 5) is 40.9. The molecule has 0 bridgehead atoms. The van der Waals surface area contributed by atoms with Gasteiger partial charge in [0.05, 0.1) is 38.6 Å². The molecule has 0 aromatic carbocycles. The maximum atomic E-state index is 12.1. The van der Waals surface area contributed by atoms with Crippen LogP contribution in [0.15, 0.2) is 0 Å². The van der Waals surface area contributed by atoms with Crippen molar-refractivity contribution >= 4 is 27.9 Å². The number of rotatable bonds is 14. The Morgan fingerprint density at radius 3 is 1.43 bits per heavy atom. The van der Waals surface area contributed by atoms with Crippen LogP contribution in [0.5, 0.6) is 0 Å². The summed E-state index contributed by atoms with van der Waals surface area (Å²) in [6, 6.07) is 0. The molecule has 1 heterocycles. The fourth-order valence-corrected chi connectivity index (χ4v) is 4.83. The summed E-state index contributed by atoms with van der Waals surface area (Å²) < 4.78 is 30.2. The first kappa shape index (κ1) is 33.1. The molecule has 0 saturated carbocycles. The molecule has 0 radical (unpaired) electrons. The van der Waals surface area contributed by atoms with Crippen LogP contribution in [0.4, 0.5) is 0 Å². The first-order valence-corrected chi connectivity index (χ1v) is 13.8. The number of methoxy groups -OCH3 is 1. The molecule has 1 atom stereocenters. The van der Waals surface area contributed by atoms with Gasteiger partial charge in [0.25, 0.3) is 0 Å². The third-order valence-electron chi connectivity index (χ3n) is 5.90. The summed E-state index contributed by atoms with van der Waals surface area (Å²) in [6.45, 7) is 1.85. The van der Waals surface area contributed by atoms with E-state index in [4.69, 9.17) is 4.74 Å². The number of aliphatic hydroxyl groups excluding tert-OH is 1. The second-order valence-electron chi connectivity index (χ2n) is 9.08. The van der Waals surface area contributed by atoms with Crippen molar-refractivity contribution in [1.29, 1.82) is 0 Å². The summed E-state index contributed by atoms with van der Waals surface area (Å²) in [6.07, 6.45) is -0.00120. The van der Waals surface area contributed by atoms with Crippen LogP contribution in [0.2, 0.25) is 0 Å². The molecule has 0 aliphatic carbocycles. The number of carboxylic acid groups (broad SMARTS) is 3. The largest absolute Gasteiger partial charge is 0.480 e. The summed E-state index contributed by atoms with van der Waals surface area (Å²) in [5.41, 5.74) is 0. The Hall–Kier alpha value is -1.92. The van der Waals surface area contributed by atoms with Gasteiger partial charge >= 0.3 is 17.9 Å². The molecule has 1 saturated heterocycles. The lowest BCUT2D eigenvalue weighted by Crippen LogP contribution is -2.50. The number of nitrogens with zero attached hydrogens (tertiary/aromatic N) is 5. The van der Waals surface area contributed by atoms with Crippen LogP contribution in [-0.2, 0) is 29.1 Å². The lowest BCUT2D eigenvalue weighted by atomic mass is 10.2.